The molecular weight excluding hydrogens is 362 g/mol. The molecule has 28 heavy (non-hydrogen) atoms. The van der Waals surface area contributed by atoms with Crippen molar-refractivity contribution in [2.75, 3.05) is 26.3 Å². The number of hydrogen-bond donors (Lipinski definition) is 2. The van der Waals surface area contributed by atoms with Gasteiger partial charge in [-0.2, -0.15) is 0 Å². The van der Waals surface area contributed by atoms with Gasteiger partial charge in [0.05, 0.1) is 6.61 Å². The van der Waals surface area contributed by atoms with Crippen molar-refractivity contribution in [3.63, 3.8) is 0 Å². The molecule has 146 valence electrons. The fourth-order valence-corrected chi connectivity index (χ4v) is 2.98. The Hall–Kier alpha value is -3.19. The molecule has 3 aromatic rings. The van der Waals surface area contributed by atoms with Crippen LogP contribution in [0.4, 0.5) is 0 Å². The van der Waals surface area contributed by atoms with Crippen molar-refractivity contribution in [3.05, 3.63) is 59.0 Å². The maximum atomic E-state index is 11.3. The SMILES string of the molecule is O=c1ccc2ccc(OCCCNC[C@@H]3COc4cc(O)ccc4O3)cc2o1. The van der Waals surface area contributed by atoms with Crippen molar-refractivity contribution in [2.24, 2.45) is 0 Å². The van der Waals surface area contributed by atoms with E-state index in [0.29, 0.717) is 42.6 Å². The molecule has 0 saturated heterocycles. The van der Waals surface area contributed by atoms with Crippen molar-refractivity contribution in [3.8, 4) is 23.0 Å². The summed E-state index contributed by atoms with van der Waals surface area (Å²) in [6.07, 6.45) is 0.732. The first-order valence-corrected chi connectivity index (χ1v) is 9.17. The van der Waals surface area contributed by atoms with Crippen LogP contribution < -0.4 is 25.2 Å². The Morgan fingerprint density at radius 2 is 2.00 bits per heavy atom. The lowest BCUT2D eigenvalue weighted by molar-refractivity contribution is 0.0899. The molecule has 0 saturated carbocycles. The summed E-state index contributed by atoms with van der Waals surface area (Å²) >= 11 is 0. The average Bonchev–Trinajstić information content (AvgIpc) is 2.70. The summed E-state index contributed by atoms with van der Waals surface area (Å²) < 4.78 is 22.3. The normalized spacial score (nSPS) is 15.5. The molecule has 1 aliphatic rings. The van der Waals surface area contributed by atoms with E-state index in [2.05, 4.69) is 5.32 Å². The Balaban J connectivity index is 1.18. The van der Waals surface area contributed by atoms with E-state index in [1.165, 1.54) is 6.07 Å². The number of hydrogen-bond acceptors (Lipinski definition) is 7. The molecule has 0 unspecified atom stereocenters. The molecule has 2 aromatic carbocycles. The number of fused-ring (bicyclic) bond motifs is 2. The fourth-order valence-electron chi connectivity index (χ4n) is 2.98. The lowest BCUT2D eigenvalue weighted by Gasteiger charge is -2.26. The molecule has 1 aromatic heterocycles. The highest BCUT2D eigenvalue weighted by Crippen LogP contribution is 2.34. The van der Waals surface area contributed by atoms with Gasteiger partial charge in [0.2, 0.25) is 0 Å². The zero-order valence-corrected chi connectivity index (χ0v) is 15.2. The molecule has 0 amide bonds. The average molecular weight is 383 g/mol. The van der Waals surface area contributed by atoms with E-state index in [1.807, 2.05) is 12.1 Å². The third-order valence-electron chi connectivity index (χ3n) is 4.38. The Labute approximate surface area is 161 Å². The molecule has 4 rings (SSSR count). The second kappa shape index (κ2) is 8.22. The van der Waals surface area contributed by atoms with Crippen LogP contribution in [0.25, 0.3) is 11.0 Å². The molecule has 7 heteroatoms. The summed E-state index contributed by atoms with van der Waals surface area (Å²) in [6.45, 7) is 2.40. The van der Waals surface area contributed by atoms with E-state index in [0.717, 1.165) is 18.4 Å². The number of benzene rings is 2. The maximum absolute atomic E-state index is 11.3. The van der Waals surface area contributed by atoms with Gasteiger partial charge in [0.15, 0.2) is 11.5 Å². The Morgan fingerprint density at radius 1 is 1.11 bits per heavy atom. The van der Waals surface area contributed by atoms with Gasteiger partial charge in [-0.3, -0.25) is 0 Å². The number of ether oxygens (including phenoxy) is 3. The molecule has 0 spiro atoms. The van der Waals surface area contributed by atoms with Crippen LogP contribution in [0.1, 0.15) is 6.42 Å². The minimum Gasteiger partial charge on any atom is -0.508 e. The van der Waals surface area contributed by atoms with E-state index in [-0.39, 0.29) is 17.5 Å². The molecule has 1 aliphatic heterocycles. The van der Waals surface area contributed by atoms with Crippen molar-refractivity contribution < 1.29 is 23.7 Å². The summed E-state index contributed by atoms with van der Waals surface area (Å²) in [7, 11) is 0. The van der Waals surface area contributed by atoms with E-state index in [9.17, 15) is 9.90 Å². The second-order valence-electron chi connectivity index (χ2n) is 6.54. The molecule has 0 bridgehead atoms. The smallest absolute Gasteiger partial charge is 0.336 e. The van der Waals surface area contributed by atoms with Crippen LogP contribution in [-0.2, 0) is 0 Å². The highest BCUT2D eigenvalue weighted by Gasteiger charge is 2.20. The van der Waals surface area contributed by atoms with Gasteiger partial charge >= 0.3 is 5.63 Å². The van der Waals surface area contributed by atoms with Gasteiger partial charge in [-0.05, 0) is 43.3 Å². The highest BCUT2D eigenvalue weighted by molar-refractivity contribution is 5.77. The predicted molar refractivity (Wildman–Crippen MR) is 103 cm³/mol. The summed E-state index contributed by atoms with van der Waals surface area (Å²) in [4.78, 5) is 11.3. The summed E-state index contributed by atoms with van der Waals surface area (Å²) in [6, 6.07) is 13.4. The number of nitrogens with one attached hydrogen (secondary N) is 1. The van der Waals surface area contributed by atoms with Crippen LogP contribution in [0, 0.1) is 0 Å². The van der Waals surface area contributed by atoms with Crippen LogP contribution in [0.3, 0.4) is 0 Å². The molecule has 7 nitrogen and oxygen atoms in total. The van der Waals surface area contributed by atoms with E-state index in [1.54, 1.807) is 30.3 Å². The quantitative estimate of drug-likeness (QED) is 0.479. The summed E-state index contributed by atoms with van der Waals surface area (Å²) in [5.41, 5.74) is 0.147. The van der Waals surface area contributed by atoms with Crippen LogP contribution in [0.15, 0.2) is 57.7 Å². The summed E-state index contributed by atoms with van der Waals surface area (Å²) in [5, 5.41) is 13.6. The molecule has 2 N–H and O–H groups in total. The van der Waals surface area contributed by atoms with Crippen molar-refractivity contribution in [1.82, 2.24) is 5.32 Å². The monoisotopic (exact) mass is 383 g/mol. The van der Waals surface area contributed by atoms with E-state index >= 15 is 0 Å². The second-order valence-corrected chi connectivity index (χ2v) is 6.54. The molecular formula is C21H21NO6. The first kappa shape index (κ1) is 18.2. The zero-order chi connectivity index (χ0) is 19.3. The van der Waals surface area contributed by atoms with Crippen LogP contribution in [0.5, 0.6) is 23.0 Å². The van der Waals surface area contributed by atoms with Crippen molar-refractivity contribution in [1.29, 1.82) is 0 Å². The topological polar surface area (TPSA) is 90.2 Å². The molecule has 1 atom stereocenters. The van der Waals surface area contributed by atoms with E-state index in [4.69, 9.17) is 18.6 Å². The molecule has 0 aliphatic carbocycles. The lowest BCUT2D eigenvalue weighted by Crippen LogP contribution is -2.39. The van der Waals surface area contributed by atoms with Crippen molar-refractivity contribution >= 4 is 11.0 Å². The van der Waals surface area contributed by atoms with Gasteiger partial charge in [-0.15, -0.1) is 0 Å². The first-order valence-electron chi connectivity index (χ1n) is 9.17. The van der Waals surface area contributed by atoms with Crippen LogP contribution in [0.2, 0.25) is 0 Å². The van der Waals surface area contributed by atoms with Gasteiger partial charge in [-0.25, -0.2) is 4.79 Å². The molecule has 2 heterocycles. The molecule has 0 radical (unpaired) electrons. The minimum atomic E-state index is -0.373. The van der Waals surface area contributed by atoms with Crippen molar-refractivity contribution in [2.45, 2.75) is 12.5 Å². The number of phenols is 1. The van der Waals surface area contributed by atoms with Crippen LogP contribution in [-0.4, -0.2) is 37.5 Å². The third kappa shape index (κ3) is 4.37. The van der Waals surface area contributed by atoms with Gasteiger partial charge < -0.3 is 29.1 Å². The first-order chi connectivity index (χ1) is 13.7. The van der Waals surface area contributed by atoms with Gasteiger partial charge in [0.1, 0.15) is 29.8 Å². The van der Waals surface area contributed by atoms with Crippen LogP contribution >= 0.6 is 0 Å². The summed E-state index contributed by atoms with van der Waals surface area (Å²) in [5.74, 6) is 2.04. The van der Waals surface area contributed by atoms with Gasteiger partial charge in [0.25, 0.3) is 0 Å². The maximum Gasteiger partial charge on any atom is 0.336 e. The van der Waals surface area contributed by atoms with Gasteiger partial charge in [-0.1, -0.05) is 0 Å². The standard InChI is InChI=1S/C21H21NO6/c23-15-4-6-18-20(10-15)26-13-17(27-18)12-22-8-1-9-25-16-5-2-14-3-7-21(24)28-19(14)11-16/h2-7,10-11,17,22-23H,1,8-9,12-13H2/t17-/m1/s1. The predicted octanol–water partition coefficient (Wildman–Crippen LogP) is 2.70. The van der Waals surface area contributed by atoms with Gasteiger partial charge in [0, 0.05) is 30.1 Å². The Bertz CT molecular complexity index is 1020. The third-order valence-corrected chi connectivity index (χ3v) is 4.38. The Kier molecular flexibility index (Phi) is 5.34. The highest BCUT2D eigenvalue weighted by atomic mass is 16.6. The lowest BCUT2D eigenvalue weighted by atomic mass is 10.2. The largest absolute Gasteiger partial charge is 0.508 e. The zero-order valence-electron chi connectivity index (χ0n) is 15.2. The number of rotatable bonds is 7. The van der Waals surface area contributed by atoms with E-state index < -0.39 is 0 Å². The molecule has 0 fully saturated rings. The minimum absolute atomic E-state index is 0.0821. The number of aromatic hydroxyl groups is 1. The number of phenolic OH excluding ortho intramolecular Hbond substituents is 1. The Morgan fingerprint density at radius 3 is 2.93 bits per heavy atom. The fraction of sp³-hybridized carbons (Fsp3) is 0.286.